The maximum atomic E-state index is 13.3. The van der Waals surface area contributed by atoms with Gasteiger partial charge in [0, 0.05) is 6.04 Å². The molecule has 0 spiro atoms. The zero-order valence-electron chi connectivity index (χ0n) is 10.8. The van der Waals surface area contributed by atoms with Crippen LogP contribution in [0.15, 0.2) is 0 Å². The van der Waals surface area contributed by atoms with Gasteiger partial charge in [0.15, 0.2) is 0 Å². The van der Waals surface area contributed by atoms with Crippen LogP contribution in [-0.4, -0.2) is 12.1 Å². The number of halogens is 5. The lowest BCUT2D eigenvalue weighted by molar-refractivity contribution is 0.185. The van der Waals surface area contributed by atoms with Crippen molar-refractivity contribution in [2.75, 3.05) is 0 Å². The maximum Gasteiger partial charge on any atom is 0.413 e. The number of hydrogen-bond acceptors (Lipinski definition) is 2. The van der Waals surface area contributed by atoms with Gasteiger partial charge in [-0.25, -0.2) is 18.0 Å². The van der Waals surface area contributed by atoms with Crippen LogP contribution in [0.1, 0.15) is 32.1 Å². The number of benzene rings is 1. The highest BCUT2D eigenvalue weighted by atomic mass is 19.2. The number of carbonyl (C=O) groups excluding carboxylic acids is 1. The molecule has 1 N–H and O–H groups in total. The highest BCUT2D eigenvalue weighted by Gasteiger charge is 2.29. The topological polar surface area (TPSA) is 38.3 Å². The van der Waals surface area contributed by atoms with Gasteiger partial charge in [-0.15, -0.1) is 0 Å². The largest absolute Gasteiger partial charge is 0.413 e. The lowest BCUT2D eigenvalue weighted by Gasteiger charge is -2.22. The molecule has 1 aromatic carbocycles. The van der Waals surface area contributed by atoms with Crippen molar-refractivity contribution in [2.24, 2.45) is 0 Å². The van der Waals surface area contributed by atoms with Gasteiger partial charge in [-0.2, -0.15) is 8.78 Å². The maximum absolute atomic E-state index is 13.3. The molecule has 0 heterocycles. The minimum absolute atomic E-state index is 0.229. The summed E-state index contributed by atoms with van der Waals surface area (Å²) in [6.07, 6.45) is 2.88. The third kappa shape index (κ3) is 3.25. The average molecular weight is 309 g/mol. The van der Waals surface area contributed by atoms with Gasteiger partial charge in [0.25, 0.3) is 0 Å². The molecule has 1 aromatic rings. The Morgan fingerprint density at radius 1 is 0.857 bits per heavy atom. The number of ether oxygens (including phenoxy) is 1. The Morgan fingerprint density at radius 2 is 1.33 bits per heavy atom. The second-order valence-electron chi connectivity index (χ2n) is 4.77. The fourth-order valence-electron chi connectivity index (χ4n) is 2.21. The van der Waals surface area contributed by atoms with Crippen LogP contribution in [0.25, 0.3) is 0 Å². The van der Waals surface area contributed by atoms with Crippen LogP contribution in [0.4, 0.5) is 26.7 Å². The Hall–Kier alpha value is -1.86. The number of nitrogens with one attached hydrogen (secondary N) is 1. The minimum atomic E-state index is -2.30. The van der Waals surface area contributed by atoms with Gasteiger partial charge >= 0.3 is 6.09 Å². The highest BCUT2D eigenvalue weighted by molar-refractivity contribution is 5.70. The quantitative estimate of drug-likeness (QED) is 0.512. The predicted molar refractivity (Wildman–Crippen MR) is 62.3 cm³/mol. The van der Waals surface area contributed by atoms with Gasteiger partial charge in [-0.05, 0) is 12.8 Å². The van der Waals surface area contributed by atoms with Crippen molar-refractivity contribution in [2.45, 2.75) is 38.1 Å². The first-order chi connectivity index (χ1) is 9.91. The van der Waals surface area contributed by atoms with Gasteiger partial charge in [0.05, 0.1) is 0 Å². The van der Waals surface area contributed by atoms with Gasteiger partial charge in [-0.3, -0.25) is 0 Å². The van der Waals surface area contributed by atoms with Crippen LogP contribution < -0.4 is 10.1 Å². The van der Waals surface area contributed by atoms with E-state index in [1.165, 1.54) is 0 Å². The van der Waals surface area contributed by atoms with E-state index in [2.05, 4.69) is 10.1 Å². The van der Waals surface area contributed by atoms with Crippen LogP contribution in [0.5, 0.6) is 5.75 Å². The highest BCUT2D eigenvalue weighted by Crippen LogP contribution is 2.29. The van der Waals surface area contributed by atoms with E-state index in [0.717, 1.165) is 19.3 Å². The molecule has 0 aliphatic heterocycles. The van der Waals surface area contributed by atoms with Gasteiger partial charge < -0.3 is 10.1 Å². The smallest absolute Gasteiger partial charge is 0.404 e. The Balaban J connectivity index is 2.13. The van der Waals surface area contributed by atoms with Crippen LogP contribution >= 0.6 is 0 Å². The number of hydrogen-bond donors (Lipinski definition) is 1. The molecule has 8 heteroatoms. The molecule has 0 unspecified atom stereocenters. The number of rotatable bonds is 2. The summed E-state index contributed by atoms with van der Waals surface area (Å²) in [4.78, 5) is 11.5. The van der Waals surface area contributed by atoms with Crippen molar-refractivity contribution < 1.29 is 31.5 Å². The van der Waals surface area contributed by atoms with E-state index in [1.807, 2.05) is 0 Å². The van der Waals surface area contributed by atoms with Crippen LogP contribution in [-0.2, 0) is 0 Å². The molecule has 2 rings (SSSR count). The summed E-state index contributed by atoms with van der Waals surface area (Å²) in [5.41, 5.74) is 0. The van der Waals surface area contributed by atoms with E-state index in [1.54, 1.807) is 0 Å². The van der Waals surface area contributed by atoms with Crippen molar-refractivity contribution in [1.82, 2.24) is 5.32 Å². The summed E-state index contributed by atoms with van der Waals surface area (Å²) >= 11 is 0. The first kappa shape index (κ1) is 15.5. The van der Waals surface area contributed by atoms with Crippen molar-refractivity contribution >= 4 is 6.09 Å². The van der Waals surface area contributed by atoms with Crippen LogP contribution in [0.2, 0.25) is 0 Å². The van der Waals surface area contributed by atoms with E-state index in [0.29, 0.717) is 12.8 Å². The summed E-state index contributed by atoms with van der Waals surface area (Å²) in [5, 5.41) is 2.34. The first-order valence-electron chi connectivity index (χ1n) is 6.41. The Labute approximate surface area is 117 Å². The molecule has 1 aliphatic rings. The summed E-state index contributed by atoms with van der Waals surface area (Å²) < 4.78 is 69.6. The lowest BCUT2D eigenvalue weighted by Crippen LogP contribution is -2.38. The third-order valence-corrected chi connectivity index (χ3v) is 3.29. The molecule has 116 valence electrons. The number of amides is 1. The van der Waals surface area contributed by atoms with Crippen molar-refractivity contribution in [3.63, 3.8) is 0 Å². The predicted octanol–water partition coefficient (Wildman–Crippen LogP) is 3.80. The number of carbonyl (C=O) groups is 1. The SMILES string of the molecule is O=C(NC1CCCCC1)Oc1c(F)c(F)c(F)c(F)c1F. The molecular weight excluding hydrogens is 297 g/mol. The van der Waals surface area contributed by atoms with Crippen molar-refractivity contribution in [3.05, 3.63) is 29.1 Å². The molecule has 0 atom stereocenters. The minimum Gasteiger partial charge on any atom is -0.404 e. The molecule has 0 radical (unpaired) electrons. The molecule has 1 saturated carbocycles. The summed E-state index contributed by atoms with van der Waals surface area (Å²) in [5.74, 6) is -12.6. The average Bonchev–Trinajstić information content (AvgIpc) is 2.48. The van der Waals surface area contributed by atoms with E-state index < -0.39 is 40.9 Å². The van der Waals surface area contributed by atoms with E-state index in [4.69, 9.17) is 0 Å². The fraction of sp³-hybridized carbons (Fsp3) is 0.462. The zero-order chi connectivity index (χ0) is 15.6. The molecular formula is C13H12F5NO2. The molecule has 3 nitrogen and oxygen atoms in total. The van der Waals surface area contributed by atoms with Gasteiger partial charge in [-0.1, -0.05) is 19.3 Å². The molecule has 1 aliphatic carbocycles. The monoisotopic (exact) mass is 309 g/mol. The van der Waals surface area contributed by atoms with E-state index in [9.17, 15) is 26.7 Å². The van der Waals surface area contributed by atoms with E-state index >= 15 is 0 Å². The molecule has 0 aromatic heterocycles. The van der Waals surface area contributed by atoms with Crippen LogP contribution in [0, 0.1) is 29.1 Å². The Bertz CT molecular complexity index is 529. The molecule has 0 bridgehead atoms. The molecule has 0 saturated heterocycles. The first-order valence-corrected chi connectivity index (χ1v) is 6.41. The fourth-order valence-corrected chi connectivity index (χ4v) is 2.21. The standard InChI is InChI=1S/C13H12F5NO2/c14-7-8(15)10(17)12(11(18)9(7)16)21-13(20)19-6-4-2-1-3-5-6/h6H,1-5H2,(H,19,20). The molecule has 1 amide bonds. The summed E-state index contributed by atoms with van der Waals surface area (Å²) in [6, 6.07) is -0.229. The van der Waals surface area contributed by atoms with Crippen LogP contribution in [0.3, 0.4) is 0 Å². The second-order valence-corrected chi connectivity index (χ2v) is 4.77. The second kappa shape index (κ2) is 6.28. The van der Waals surface area contributed by atoms with Crippen molar-refractivity contribution in [3.8, 4) is 5.75 Å². The Morgan fingerprint density at radius 3 is 1.86 bits per heavy atom. The van der Waals surface area contributed by atoms with Crippen molar-refractivity contribution in [1.29, 1.82) is 0 Å². The zero-order valence-corrected chi connectivity index (χ0v) is 10.8. The third-order valence-electron chi connectivity index (χ3n) is 3.29. The summed E-state index contributed by atoms with van der Waals surface area (Å²) in [6.45, 7) is 0. The summed E-state index contributed by atoms with van der Waals surface area (Å²) in [7, 11) is 0. The normalized spacial score (nSPS) is 15.9. The van der Waals surface area contributed by atoms with Gasteiger partial charge in [0.2, 0.25) is 34.8 Å². The van der Waals surface area contributed by atoms with Gasteiger partial charge in [0.1, 0.15) is 0 Å². The Kier molecular flexibility index (Phi) is 4.64. The molecule has 1 fully saturated rings. The lowest BCUT2D eigenvalue weighted by atomic mass is 9.96. The molecule has 21 heavy (non-hydrogen) atoms. The van der Waals surface area contributed by atoms with E-state index in [-0.39, 0.29) is 6.04 Å².